The molecule has 2 heterocycles. The van der Waals surface area contributed by atoms with Crippen molar-refractivity contribution in [2.45, 2.75) is 13.0 Å². The normalized spacial score (nSPS) is 16.8. The average molecular weight is 376 g/mol. The summed E-state index contributed by atoms with van der Waals surface area (Å²) in [4.78, 5) is 15.2. The number of nitrogens with one attached hydrogen (secondary N) is 1. The van der Waals surface area contributed by atoms with Gasteiger partial charge in [0, 0.05) is 31.4 Å². The Bertz CT molecular complexity index is 982. The van der Waals surface area contributed by atoms with E-state index in [1.807, 2.05) is 66.6 Å². The molecule has 1 atom stereocenters. The van der Waals surface area contributed by atoms with Crippen molar-refractivity contribution < 1.29 is 9.53 Å². The number of benzene rings is 2. The highest BCUT2D eigenvalue weighted by Crippen LogP contribution is 2.31. The van der Waals surface area contributed by atoms with Crippen LogP contribution in [0, 0.1) is 6.92 Å². The van der Waals surface area contributed by atoms with Crippen molar-refractivity contribution in [2.75, 3.05) is 26.7 Å². The first-order valence-corrected chi connectivity index (χ1v) is 9.44. The van der Waals surface area contributed by atoms with Gasteiger partial charge in [-0.15, -0.1) is 0 Å². The third kappa shape index (κ3) is 3.39. The maximum atomic E-state index is 13.3. The number of para-hydroxylation sites is 2. The van der Waals surface area contributed by atoms with Crippen LogP contribution in [0.5, 0.6) is 5.75 Å². The topological polar surface area (TPSA) is 59.4 Å². The van der Waals surface area contributed by atoms with Crippen LogP contribution in [-0.4, -0.2) is 47.3 Å². The number of hydrogen-bond acceptors (Lipinski definition) is 4. The smallest absolute Gasteiger partial charge is 0.257 e. The summed E-state index contributed by atoms with van der Waals surface area (Å²) in [7, 11) is 1.66. The molecule has 3 aromatic rings. The van der Waals surface area contributed by atoms with Gasteiger partial charge in [-0.1, -0.05) is 36.4 Å². The number of carbonyl (C=O) groups is 1. The molecule has 0 saturated carbocycles. The highest BCUT2D eigenvalue weighted by Gasteiger charge is 2.31. The van der Waals surface area contributed by atoms with Crippen molar-refractivity contribution in [3.63, 3.8) is 0 Å². The van der Waals surface area contributed by atoms with Gasteiger partial charge in [0.2, 0.25) is 0 Å². The number of rotatable bonds is 4. The van der Waals surface area contributed by atoms with Crippen LogP contribution >= 0.6 is 0 Å². The van der Waals surface area contributed by atoms with Crippen LogP contribution in [0.3, 0.4) is 0 Å². The number of carbonyl (C=O) groups excluding carboxylic acids is 1. The first-order valence-electron chi connectivity index (χ1n) is 9.44. The lowest BCUT2D eigenvalue weighted by Gasteiger charge is -2.36. The molecule has 1 aliphatic rings. The zero-order valence-corrected chi connectivity index (χ0v) is 16.1. The van der Waals surface area contributed by atoms with Crippen LogP contribution in [0.1, 0.15) is 27.5 Å². The lowest BCUT2D eigenvalue weighted by molar-refractivity contribution is 0.0631. The standard InChI is InChI=1S/C22H24N4O2/c1-16-7-3-5-9-19(16)26-15-17(13-24-26)22(27)25-12-11-23-14-20(25)18-8-4-6-10-21(18)28-2/h3-10,13,15,20,23H,11-12,14H2,1-2H3. The van der Waals surface area contributed by atoms with Crippen molar-refractivity contribution in [1.82, 2.24) is 20.0 Å². The van der Waals surface area contributed by atoms with Crippen LogP contribution in [0.15, 0.2) is 60.9 Å². The maximum Gasteiger partial charge on any atom is 0.257 e. The van der Waals surface area contributed by atoms with Gasteiger partial charge < -0.3 is 15.0 Å². The highest BCUT2D eigenvalue weighted by atomic mass is 16.5. The predicted octanol–water partition coefficient (Wildman–Crippen LogP) is 2.98. The summed E-state index contributed by atoms with van der Waals surface area (Å²) < 4.78 is 7.29. The van der Waals surface area contributed by atoms with Gasteiger partial charge in [-0.05, 0) is 24.6 Å². The number of methoxy groups -OCH3 is 1. The third-order valence-electron chi connectivity index (χ3n) is 5.19. The molecule has 6 nitrogen and oxygen atoms in total. The number of piperazine rings is 1. The molecule has 1 fully saturated rings. The SMILES string of the molecule is COc1ccccc1C1CNCCN1C(=O)c1cnn(-c2ccccc2C)c1. The molecule has 1 saturated heterocycles. The Morgan fingerprint density at radius 2 is 1.96 bits per heavy atom. The molecule has 1 N–H and O–H groups in total. The van der Waals surface area contributed by atoms with Crippen molar-refractivity contribution >= 4 is 5.91 Å². The van der Waals surface area contributed by atoms with E-state index in [1.54, 1.807) is 18.0 Å². The van der Waals surface area contributed by atoms with E-state index in [2.05, 4.69) is 10.4 Å². The van der Waals surface area contributed by atoms with Crippen LogP contribution < -0.4 is 10.1 Å². The van der Waals surface area contributed by atoms with E-state index in [-0.39, 0.29) is 11.9 Å². The molecule has 6 heteroatoms. The number of ether oxygens (including phenoxy) is 1. The third-order valence-corrected chi connectivity index (χ3v) is 5.19. The Morgan fingerprint density at radius 3 is 2.79 bits per heavy atom. The fourth-order valence-electron chi connectivity index (χ4n) is 3.72. The van der Waals surface area contributed by atoms with Gasteiger partial charge >= 0.3 is 0 Å². The van der Waals surface area contributed by atoms with E-state index in [0.29, 0.717) is 18.7 Å². The Hall–Kier alpha value is -3.12. The van der Waals surface area contributed by atoms with E-state index in [4.69, 9.17) is 4.74 Å². The van der Waals surface area contributed by atoms with Gasteiger partial charge in [0.05, 0.1) is 30.6 Å². The second kappa shape index (κ2) is 7.86. The Balaban J connectivity index is 1.64. The molecule has 2 aromatic carbocycles. The van der Waals surface area contributed by atoms with Crippen molar-refractivity contribution in [3.05, 3.63) is 77.6 Å². The largest absolute Gasteiger partial charge is 0.496 e. The quantitative estimate of drug-likeness (QED) is 0.761. The molecule has 0 spiro atoms. The monoisotopic (exact) mass is 376 g/mol. The summed E-state index contributed by atoms with van der Waals surface area (Å²) in [5.41, 5.74) is 3.68. The zero-order chi connectivity index (χ0) is 19.5. The first-order chi connectivity index (χ1) is 13.7. The minimum Gasteiger partial charge on any atom is -0.496 e. The molecule has 0 radical (unpaired) electrons. The van der Waals surface area contributed by atoms with Crippen LogP contribution in [-0.2, 0) is 0 Å². The summed E-state index contributed by atoms with van der Waals surface area (Å²) in [5, 5.41) is 7.81. The average Bonchev–Trinajstić information content (AvgIpc) is 3.23. The van der Waals surface area contributed by atoms with Gasteiger partial charge in [0.1, 0.15) is 5.75 Å². The van der Waals surface area contributed by atoms with E-state index < -0.39 is 0 Å². The number of hydrogen-bond donors (Lipinski definition) is 1. The number of aryl methyl sites for hydroxylation is 1. The van der Waals surface area contributed by atoms with Crippen molar-refractivity contribution in [3.8, 4) is 11.4 Å². The summed E-state index contributed by atoms with van der Waals surface area (Å²) in [6.07, 6.45) is 3.46. The fraction of sp³-hybridized carbons (Fsp3) is 0.273. The van der Waals surface area contributed by atoms with E-state index in [9.17, 15) is 4.79 Å². The molecule has 1 aliphatic heterocycles. The van der Waals surface area contributed by atoms with Gasteiger partial charge in [-0.25, -0.2) is 4.68 Å². The Morgan fingerprint density at radius 1 is 1.18 bits per heavy atom. The lowest BCUT2D eigenvalue weighted by atomic mass is 10.0. The summed E-state index contributed by atoms with van der Waals surface area (Å²) in [6, 6.07) is 15.8. The van der Waals surface area contributed by atoms with Gasteiger partial charge in [-0.3, -0.25) is 4.79 Å². The molecule has 1 aromatic heterocycles. The minimum absolute atomic E-state index is 0.0164. The van der Waals surface area contributed by atoms with Crippen molar-refractivity contribution in [1.29, 1.82) is 0 Å². The molecule has 28 heavy (non-hydrogen) atoms. The fourth-order valence-corrected chi connectivity index (χ4v) is 3.72. The predicted molar refractivity (Wildman–Crippen MR) is 108 cm³/mol. The molecule has 1 unspecified atom stereocenters. The first kappa shape index (κ1) is 18.3. The molecule has 0 aliphatic carbocycles. The highest BCUT2D eigenvalue weighted by molar-refractivity contribution is 5.94. The van der Waals surface area contributed by atoms with E-state index in [0.717, 1.165) is 29.1 Å². The Kier molecular flexibility index (Phi) is 5.12. The number of amides is 1. The molecule has 0 bridgehead atoms. The second-order valence-electron chi connectivity index (χ2n) is 6.92. The minimum atomic E-state index is -0.0841. The lowest BCUT2D eigenvalue weighted by Crippen LogP contribution is -2.48. The molecule has 4 rings (SSSR count). The van der Waals surface area contributed by atoms with Crippen molar-refractivity contribution in [2.24, 2.45) is 0 Å². The zero-order valence-electron chi connectivity index (χ0n) is 16.1. The van der Waals surface area contributed by atoms with Gasteiger partial charge in [0.15, 0.2) is 0 Å². The number of aromatic nitrogens is 2. The Labute approximate surface area is 164 Å². The van der Waals surface area contributed by atoms with Crippen LogP contribution in [0.25, 0.3) is 5.69 Å². The van der Waals surface area contributed by atoms with E-state index >= 15 is 0 Å². The number of nitrogens with zero attached hydrogens (tertiary/aromatic N) is 3. The van der Waals surface area contributed by atoms with Gasteiger partial charge in [0.25, 0.3) is 5.91 Å². The summed E-state index contributed by atoms with van der Waals surface area (Å²) >= 11 is 0. The summed E-state index contributed by atoms with van der Waals surface area (Å²) in [6.45, 7) is 4.13. The van der Waals surface area contributed by atoms with E-state index in [1.165, 1.54) is 0 Å². The molecule has 1 amide bonds. The summed E-state index contributed by atoms with van der Waals surface area (Å²) in [5.74, 6) is 0.779. The molecule has 144 valence electrons. The van der Waals surface area contributed by atoms with Gasteiger partial charge in [-0.2, -0.15) is 5.10 Å². The van der Waals surface area contributed by atoms with Crippen LogP contribution in [0.2, 0.25) is 0 Å². The molecular formula is C22H24N4O2. The second-order valence-corrected chi connectivity index (χ2v) is 6.92. The van der Waals surface area contributed by atoms with Crippen LogP contribution in [0.4, 0.5) is 0 Å². The molecular weight excluding hydrogens is 352 g/mol. The maximum absolute atomic E-state index is 13.3.